The molecule has 0 unspecified atom stereocenters. The largest absolute Gasteiger partial charge is 0.391 e. The summed E-state index contributed by atoms with van der Waals surface area (Å²) in [5.74, 6) is -0.105. The van der Waals surface area contributed by atoms with E-state index in [0.717, 1.165) is 23.2 Å². The Morgan fingerprint density at radius 3 is 2.58 bits per heavy atom. The molecule has 7 nitrogen and oxygen atoms in total. The Bertz CT molecular complexity index is 889. The predicted octanol–water partition coefficient (Wildman–Crippen LogP) is 0.726. The third-order valence-corrected chi connectivity index (χ3v) is 5.82. The number of amides is 1. The fraction of sp³-hybridized carbons (Fsp3) is 0.444. The number of nitrogens with zero attached hydrogens (tertiary/aromatic N) is 2. The van der Waals surface area contributed by atoms with Gasteiger partial charge in [-0.15, -0.1) is 0 Å². The summed E-state index contributed by atoms with van der Waals surface area (Å²) in [6.07, 6.45) is 1.40. The fourth-order valence-electron chi connectivity index (χ4n) is 3.25. The molecule has 26 heavy (non-hydrogen) atoms. The van der Waals surface area contributed by atoms with Gasteiger partial charge in [-0.1, -0.05) is 12.1 Å². The second kappa shape index (κ2) is 7.20. The lowest BCUT2D eigenvalue weighted by atomic mass is 10.0. The van der Waals surface area contributed by atoms with E-state index in [4.69, 9.17) is 0 Å². The Labute approximate surface area is 153 Å². The van der Waals surface area contributed by atoms with Gasteiger partial charge in [0.1, 0.15) is 0 Å². The van der Waals surface area contributed by atoms with Gasteiger partial charge >= 0.3 is 0 Å². The van der Waals surface area contributed by atoms with Crippen LogP contribution in [0.4, 0.5) is 0 Å². The zero-order valence-electron chi connectivity index (χ0n) is 14.8. The average molecular weight is 377 g/mol. The SMILES string of the molecule is Cc1cc(C[C@@H]2CN(C(=O)Cc3ccc(S(C)(=O)=O)cc3)C[C@@H]2O)n[nH]1. The molecule has 0 spiro atoms. The third-order valence-electron chi connectivity index (χ3n) is 4.70. The molecule has 2 atom stereocenters. The molecule has 2 N–H and O–H groups in total. The molecule has 2 heterocycles. The number of β-amino-alcohol motifs (C(OH)–C–C–N with tert-alkyl or cyclic N) is 1. The number of sulfone groups is 1. The van der Waals surface area contributed by atoms with E-state index < -0.39 is 15.9 Å². The van der Waals surface area contributed by atoms with Gasteiger partial charge in [-0.05, 0) is 37.1 Å². The van der Waals surface area contributed by atoms with Crippen molar-refractivity contribution in [1.29, 1.82) is 0 Å². The van der Waals surface area contributed by atoms with Crippen LogP contribution < -0.4 is 0 Å². The summed E-state index contributed by atoms with van der Waals surface area (Å²) in [7, 11) is -3.24. The highest BCUT2D eigenvalue weighted by atomic mass is 32.2. The van der Waals surface area contributed by atoms with Gasteiger partial charge in [0.05, 0.1) is 23.1 Å². The number of hydrogen-bond acceptors (Lipinski definition) is 5. The van der Waals surface area contributed by atoms with E-state index in [1.165, 1.54) is 12.1 Å². The number of aliphatic hydroxyl groups excluding tert-OH is 1. The molecule has 0 aliphatic carbocycles. The maximum atomic E-state index is 12.5. The molecule has 1 aromatic carbocycles. The number of H-pyrrole nitrogens is 1. The number of carbonyl (C=O) groups excluding carboxylic acids is 1. The lowest BCUT2D eigenvalue weighted by molar-refractivity contribution is -0.129. The van der Waals surface area contributed by atoms with E-state index in [1.54, 1.807) is 17.0 Å². The molecular formula is C18H23N3O4S. The number of aromatic nitrogens is 2. The molecule has 8 heteroatoms. The number of likely N-dealkylation sites (tertiary alicyclic amines) is 1. The first kappa shape index (κ1) is 18.6. The monoisotopic (exact) mass is 377 g/mol. The second-order valence-corrected chi connectivity index (χ2v) is 8.98. The summed E-state index contributed by atoms with van der Waals surface area (Å²) in [5, 5.41) is 17.3. The van der Waals surface area contributed by atoms with Crippen molar-refractivity contribution >= 4 is 15.7 Å². The molecule has 140 valence electrons. The van der Waals surface area contributed by atoms with Crippen molar-refractivity contribution in [2.45, 2.75) is 30.8 Å². The minimum absolute atomic E-state index is 0.0331. The van der Waals surface area contributed by atoms with Crippen LogP contribution in [0.15, 0.2) is 35.2 Å². The molecule has 1 aliphatic heterocycles. The Morgan fingerprint density at radius 1 is 1.31 bits per heavy atom. The van der Waals surface area contributed by atoms with Crippen molar-refractivity contribution in [2.24, 2.45) is 5.92 Å². The number of aromatic amines is 1. The minimum atomic E-state index is -3.24. The van der Waals surface area contributed by atoms with Gasteiger partial charge in [-0.2, -0.15) is 5.10 Å². The van der Waals surface area contributed by atoms with Gasteiger partial charge in [0.2, 0.25) is 5.91 Å². The first-order chi connectivity index (χ1) is 12.2. The fourth-order valence-corrected chi connectivity index (χ4v) is 3.88. The number of aliphatic hydroxyl groups is 1. The maximum Gasteiger partial charge on any atom is 0.227 e. The van der Waals surface area contributed by atoms with Crippen LogP contribution in [0.3, 0.4) is 0 Å². The van der Waals surface area contributed by atoms with E-state index in [-0.39, 0.29) is 23.1 Å². The van der Waals surface area contributed by atoms with E-state index >= 15 is 0 Å². The molecule has 1 aromatic heterocycles. The normalized spacial score (nSPS) is 20.5. The first-order valence-electron chi connectivity index (χ1n) is 8.48. The van der Waals surface area contributed by atoms with Crippen LogP contribution >= 0.6 is 0 Å². The van der Waals surface area contributed by atoms with Crippen LogP contribution in [0.2, 0.25) is 0 Å². The highest BCUT2D eigenvalue weighted by Gasteiger charge is 2.34. The molecule has 1 amide bonds. The third kappa shape index (κ3) is 4.31. The number of rotatable bonds is 5. The van der Waals surface area contributed by atoms with Crippen LogP contribution in [-0.4, -0.2) is 60.0 Å². The van der Waals surface area contributed by atoms with Crippen molar-refractivity contribution < 1.29 is 18.3 Å². The van der Waals surface area contributed by atoms with Crippen molar-refractivity contribution in [1.82, 2.24) is 15.1 Å². The molecule has 1 saturated heterocycles. The zero-order chi connectivity index (χ0) is 18.9. The Kier molecular flexibility index (Phi) is 5.15. The van der Waals surface area contributed by atoms with Gasteiger partial charge in [-0.25, -0.2) is 8.42 Å². The standard InChI is InChI=1S/C18H23N3O4S/c1-12-7-15(20-19-12)9-14-10-21(11-17(14)22)18(23)8-13-3-5-16(6-4-13)26(2,24)25/h3-7,14,17,22H,8-11H2,1-2H3,(H,19,20)/t14-,17+/m1/s1. The Hall–Kier alpha value is -2.19. The van der Waals surface area contributed by atoms with E-state index in [1.807, 2.05) is 13.0 Å². The average Bonchev–Trinajstić information content (AvgIpc) is 3.14. The molecular weight excluding hydrogens is 354 g/mol. The molecule has 1 fully saturated rings. The molecule has 0 saturated carbocycles. The molecule has 1 aliphatic rings. The second-order valence-electron chi connectivity index (χ2n) is 6.97. The number of carbonyl (C=O) groups is 1. The van der Waals surface area contributed by atoms with Gasteiger partial charge in [0.25, 0.3) is 0 Å². The van der Waals surface area contributed by atoms with E-state index in [2.05, 4.69) is 10.2 Å². The summed E-state index contributed by atoms with van der Waals surface area (Å²) in [5.41, 5.74) is 2.61. The van der Waals surface area contributed by atoms with Crippen LogP contribution in [-0.2, 0) is 27.5 Å². The van der Waals surface area contributed by atoms with Crippen LogP contribution in [0.1, 0.15) is 17.0 Å². The minimum Gasteiger partial charge on any atom is -0.391 e. The van der Waals surface area contributed by atoms with Crippen LogP contribution in [0.5, 0.6) is 0 Å². The van der Waals surface area contributed by atoms with E-state index in [9.17, 15) is 18.3 Å². The summed E-state index contributed by atoms with van der Waals surface area (Å²) in [6, 6.07) is 8.29. The molecule has 2 aromatic rings. The number of nitrogens with one attached hydrogen (secondary N) is 1. The molecule has 0 bridgehead atoms. The number of benzene rings is 1. The highest BCUT2D eigenvalue weighted by Crippen LogP contribution is 2.22. The van der Waals surface area contributed by atoms with Crippen molar-refractivity contribution in [3.8, 4) is 0 Å². The van der Waals surface area contributed by atoms with Crippen molar-refractivity contribution in [3.05, 3.63) is 47.3 Å². The first-order valence-corrected chi connectivity index (χ1v) is 10.4. The van der Waals surface area contributed by atoms with Crippen LogP contribution in [0.25, 0.3) is 0 Å². The maximum absolute atomic E-state index is 12.5. The predicted molar refractivity (Wildman–Crippen MR) is 96.4 cm³/mol. The van der Waals surface area contributed by atoms with E-state index in [0.29, 0.717) is 19.5 Å². The van der Waals surface area contributed by atoms with Gasteiger partial charge in [0.15, 0.2) is 9.84 Å². The number of hydrogen-bond donors (Lipinski definition) is 2. The summed E-state index contributed by atoms with van der Waals surface area (Å²) < 4.78 is 23.0. The summed E-state index contributed by atoms with van der Waals surface area (Å²) in [4.78, 5) is 14.4. The lowest BCUT2D eigenvalue weighted by Crippen LogP contribution is -2.31. The van der Waals surface area contributed by atoms with Crippen LogP contribution in [0, 0.1) is 12.8 Å². The van der Waals surface area contributed by atoms with Gasteiger partial charge in [0, 0.05) is 31.0 Å². The van der Waals surface area contributed by atoms with Crippen molar-refractivity contribution in [3.63, 3.8) is 0 Å². The molecule has 0 radical (unpaired) electrons. The topological polar surface area (TPSA) is 103 Å². The number of aryl methyl sites for hydroxylation is 1. The molecule has 3 rings (SSSR count). The van der Waals surface area contributed by atoms with Crippen molar-refractivity contribution in [2.75, 3.05) is 19.3 Å². The lowest BCUT2D eigenvalue weighted by Gasteiger charge is -2.16. The highest BCUT2D eigenvalue weighted by molar-refractivity contribution is 7.90. The van der Waals surface area contributed by atoms with Gasteiger partial charge in [-0.3, -0.25) is 9.89 Å². The quantitative estimate of drug-likeness (QED) is 0.799. The van der Waals surface area contributed by atoms with Gasteiger partial charge < -0.3 is 10.0 Å². The Morgan fingerprint density at radius 2 is 2.00 bits per heavy atom. The zero-order valence-corrected chi connectivity index (χ0v) is 15.7. The summed E-state index contributed by atoms with van der Waals surface area (Å²) >= 11 is 0. The Balaban J connectivity index is 1.60. The smallest absolute Gasteiger partial charge is 0.227 e. The summed E-state index contributed by atoms with van der Waals surface area (Å²) in [6.45, 7) is 2.73.